The zero-order valence-electron chi connectivity index (χ0n) is 9.73. The molecule has 5 heteroatoms. The Balaban J connectivity index is 2.32. The van der Waals surface area contributed by atoms with E-state index >= 15 is 0 Å². The van der Waals surface area contributed by atoms with Gasteiger partial charge in [-0.1, -0.05) is 12.1 Å². The van der Waals surface area contributed by atoms with Gasteiger partial charge >= 0.3 is 6.61 Å². The summed E-state index contributed by atoms with van der Waals surface area (Å²) < 4.78 is 28.6. The summed E-state index contributed by atoms with van der Waals surface area (Å²) in [7, 11) is 1.77. The normalized spacial score (nSPS) is 10.4. The number of pyridine rings is 1. The molecule has 0 fully saturated rings. The number of alkyl halides is 2. The van der Waals surface area contributed by atoms with E-state index in [-0.39, 0.29) is 5.75 Å². The number of ether oxygens (including phenoxy) is 1. The largest absolute Gasteiger partial charge is 0.435 e. The molecule has 0 radical (unpaired) electrons. The third-order valence-electron chi connectivity index (χ3n) is 2.41. The van der Waals surface area contributed by atoms with E-state index in [1.54, 1.807) is 25.4 Å². The molecular weight excluding hydrogens is 238 g/mol. The Bertz CT molecular complexity index is 532. The van der Waals surface area contributed by atoms with Gasteiger partial charge in [-0.05, 0) is 35.4 Å². The summed E-state index contributed by atoms with van der Waals surface area (Å²) in [6, 6.07) is 10.2. The number of halogens is 2. The molecule has 0 saturated heterocycles. The fourth-order valence-corrected chi connectivity index (χ4v) is 1.60. The molecule has 0 unspecified atom stereocenters. The van der Waals surface area contributed by atoms with Crippen LogP contribution in [-0.4, -0.2) is 18.6 Å². The van der Waals surface area contributed by atoms with Gasteiger partial charge in [-0.3, -0.25) is 0 Å². The maximum absolute atomic E-state index is 12.1. The molecular formula is C13H12F2N2O. The summed E-state index contributed by atoms with van der Waals surface area (Å²) >= 11 is 0. The number of anilines is 1. The van der Waals surface area contributed by atoms with Crippen molar-refractivity contribution in [2.75, 3.05) is 12.4 Å². The van der Waals surface area contributed by atoms with E-state index in [2.05, 4.69) is 15.0 Å². The van der Waals surface area contributed by atoms with Crippen LogP contribution in [0.4, 0.5) is 14.6 Å². The van der Waals surface area contributed by atoms with Gasteiger partial charge in [0.05, 0.1) is 0 Å². The molecule has 0 aliphatic carbocycles. The fraction of sp³-hybridized carbons (Fsp3) is 0.154. The summed E-state index contributed by atoms with van der Waals surface area (Å²) in [4.78, 5) is 4.09. The van der Waals surface area contributed by atoms with Crippen LogP contribution >= 0.6 is 0 Å². The molecule has 2 aromatic rings. The molecule has 1 aromatic carbocycles. The van der Waals surface area contributed by atoms with Gasteiger partial charge in [-0.25, -0.2) is 4.98 Å². The van der Waals surface area contributed by atoms with Gasteiger partial charge in [0, 0.05) is 13.2 Å². The Morgan fingerprint density at radius 2 is 1.94 bits per heavy atom. The lowest BCUT2D eigenvalue weighted by Gasteiger charge is -2.08. The lowest BCUT2D eigenvalue weighted by molar-refractivity contribution is -0.0498. The standard InChI is InChI=1S/C13H12F2N2O/c1-16-12-8-10(5-6-17-12)9-3-2-4-11(7-9)18-13(14)15/h2-8,13H,1H3,(H,16,17). The van der Waals surface area contributed by atoms with Crippen LogP contribution in [0.15, 0.2) is 42.6 Å². The van der Waals surface area contributed by atoms with E-state index in [0.29, 0.717) is 5.82 Å². The first-order valence-electron chi connectivity index (χ1n) is 5.38. The lowest BCUT2D eigenvalue weighted by atomic mass is 10.1. The quantitative estimate of drug-likeness (QED) is 0.903. The van der Waals surface area contributed by atoms with E-state index in [9.17, 15) is 8.78 Å². The first-order valence-corrected chi connectivity index (χ1v) is 5.38. The summed E-state index contributed by atoms with van der Waals surface area (Å²) in [6.45, 7) is -2.81. The first-order chi connectivity index (χ1) is 8.69. The van der Waals surface area contributed by atoms with Gasteiger partial charge < -0.3 is 10.1 Å². The minimum absolute atomic E-state index is 0.144. The highest BCUT2D eigenvalue weighted by Gasteiger charge is 2.06. The van der Waals surface area contributed by atoms with Gasteiger partial charge in [0.15, 0.2) is 0 Å². The molecule has 1 N–H and O–H groups in total. The van der Waals surface area contributed by atoms with Crippen molar-refractivity contribution in [2.45, 2.75) is 6.61 Å². The number of nitrogens with zero attached hydrogens (tertiary/aromatic N) is 1. The van der Waals surface area contributed by atoms with Gasteiger partial charge in [0.1, 0.15) is 11.6 Å². The van der Waals surface area contributed by atoms with Gasteiger partial charge in [-0.2, -0.15) is 8.78 Å². The van der Waals surface area contributed by atoms with E-state index in [4.69, 9.17) is 0 Å². The van der Waals surface area contributed by atoms with Crippen molar-refractivity contribution in [3.05, 3.63) is 42.6 Å². The molecule has 0 aliphatic heterocycles. The van der Waals surface area contributed by atoms with Crippen molar-refractivity contribution in [1.29, 1.82) is 0 Å². The Hall–Kier alpha value is -2.17. The molecule has 94 valence electrons. The van der Waals surface area contributed by atoms with Crippen molar-refractivity contribution >= 4 is 5.82 Å². The van der Waals surface area contributed by atoms with Crippen molar-refractivity contribution in [2.24, 2.45) is 0 Å². The lowest BCUT2D eigenvalue weighted by Crippen LogP contribution is -2.01. The highest BCUT2D eigenvalue weighted by atomic mass is 19.3. The molecule has 0 saturated carbocycles. The Morgan fingerprint density at radius 3 is 2.67 bits per heavy atom. The second-order valence-electron chi connectivity index (χ2n) is 3.59. The van der Waals surface area contributed by atoms with E-state index in [1.807, 2.05) is 18.2 Å². The van der Waals surface area contributed by atoms with Crippen LogP contribution in [0.25, 0.3) is 11.1 Å². The summed E-state index contributed by atoms with van der Waals surface area (Å²) in [5.74, 6) is 0.859. The SMILES string of the molecule is CNc1cc(-c2cccc(OC(F)F)c2)ccn1. The van der Waals surface area contributed by atoms with Crippen LogP contribution in [0, 0.1) is 0 Å². The smallest absolute Gasteiger partial charge is 0.387 e. The molecule has 0 amide bonds. The monoisotopic (exact) mass is 250 g/mol. The fourth-order valence-electron chi connectivity index (χ4n) is 1.60. The maximum atomic E-state index is 12.1. The summed E-state index contributed by atoms with van der Waals surface area (Å²) in [5, 5.41) is 2.92. The van der Waals surface area contributed by atoms with Crippen LogP contribution in [0.1, 0.15) is 0 Å². The average molecular weight is 250 g/mol. The van der Waals surface area contributed by atoms with Gasteiger partial charge in [0.2, 0.25) is 0 Å². The molecule has 1 aromatic heterocycles. The molecule has 2 rings (SSSR count). The zero-order valence-corrected chi connectivity index (χ0v) is 9.73. The Kier molecular flexibility index (Phi) is 3.72. The Labute approximate surface area is 103 Å². The predicted octanol–water partition coefficient (Wildman–Crippen LogP) is 3.39. The highest BCUT2D eigenvalue weighted by molar-refractivity contribution is 5.67. The van der Waals surface area contributed by atoms with E-state index in [1.165, 1.54) is 6.07 Å². The second kappa shape index (κ2) is 5.44. The molecule has 3 nitrogen and oxygen atoms in total. The van der Waals surface area contributed by atoms with Crippen LogP contribution < -0.4 is 10.1 Å². The summed E-state index contributed by atoms with van der Waals surface area (Å²) in [5.41, 5.74) is 1.68. The second-order valence-corrected chi connectivity index (χ2v) is 3.59. The van der Waals surface area contributed by atoms with Crippen LogP contribution in [0.2, 0.25) is 0 Å². The number of rotatable bonds is 4. The van der Waals surface area contributed by atoms with Crippen LogP contribution in [0.5, 0.6) is 5.75 Å². The number of hydrogen-bond donors (Lipinski definition) is 1. The van der Waals surface area contributed by atoms with Crippen LogP contribution in [0.3, 0.4) is 0 Å². The molecule has 0 spiro atoms. The van der Waals surface area contributed by atoms with Crippen molar-refractivity contribution in [1.82, 2.24) is 4.98 Å². The molecule has 0 bridgehead atoms. The summed E-state index contributed by atoms with van der Waals surface area (Å²) in [6.07, 6.45) is 1.65. The van der Waals surface area contributed by atoms with E-state index < -0.39 is 6.61 Å². The average Bonchev–Trinajstić information content (AvgIpc) is 2.38. The third kappa shape index (κ3) is 2.94. The topological polar surface area (TPSA) is 34.1 Å². The predicted molar refractivity (Wildman–Crippen MR) is 65.9 cm³/mol. The van der Waals surface area contributed by atoms with Gasteiger partial charge in [-0.15, -0.1) is 0 Å². The van der Waals surface area contributed by atoms with Crippen molar-refractivity contribution < 1.29 is 13.5 Å². The highest BCUT2D eigenvalue weighted by Crippen LogP contribution is 2.25. The van der Waals surface area contributed by atoms with E-state index in [0.717, 1.165) is 11.1 Å². The Morgan fingerprint density at radius 1 is 1.17 bits per heavy atom. The maximum Gasteiger partial charge on any atom is 0.387 e. The molecule has 0 atom stereocenters. The number of benzene rings is 1. The minimum atomic E-state index is -2.81. The zero-order chi connectivity index (χ0) is 13.0. The van der Waals surface area contributed by atoms with Crippen LogP contribution in [-0.2, 0) is 0 Å². The molecule has 1 heterocycles. The molecule has 18 heavy (non-hydrogen) atoms. The number of hydrogen-bond acceptors (Lipinski definition) is 3. The first kappa shape index (κ1) is 12.3. The molecule has 0 aliphatic rings. The van der Waals surface area contributed by atoms with Crippen molar-refractivity contribution in [3.63, 3.8) is 0 Å². The van der Waals surface area contributed by atoms with Gasteiger partial charge in [0.25, 0.3) is 0 Å². The minimum Gasteiger partial charge on any atom is -0.435 e. The number of nitrogens with one attached hydrogen (secondary N) is 1. The van der Waals surface area contributed by atoms with Crippen molar-refractivity contribution in [3.8, 4) is 16.9 Å². The number of aromatic nitrogens is 1. The third-order valence-corrected chi connectivity index (χ3v) is 2.41.